The summed E-state index contributed by atoms with van der Waals surface area (Å²) in [7, 11) is 1.69. The molecule has 0 amide bonds. The first-order valence-electron chi connectivity index (χ1n) is 6.06. The summed E-state index contributed by atoms with van der Waals surface area (Å²) >= 11 is 0. The molecule has 0 aliphatic carbocycles. The molecule has 0 saturated heterocycles. The van der Waals surface area contributed by atoms with E-state index in [9.17, 15) is 0 Å². The van der Waals surface area contributed by atoms with E-state index in [0.717, 1.165) is 39.8 Å². The number of ether oxygens (including phenoxy) is 1. The van der Waals surface area contributed by atoms with Crippen LogP contribution in [0.15, 0.2) is 36.4 Å². The van der Waals surface area contributed by atoms with Crippen molar-refractivity contribution in [1.29, 1.82) is 0 Å². The molecule has 3 aromatic rings. The van der Waals surface area contributed by atoms with E-state index in [0.29, 0.717) is 0 Å². The highest BCUT2D eigenvalue weighted by atomic mass is 16.5. The van der Waals surface area contributed by atoms with Gasteiger partial charge in [-0.25, -0.2) is 9.97 Å². The predicted molar refractivity (Wildman–Crippen MR) is 73.0 cm³/mol. The first-order valence-corrected chi connectivity index (χ1v) is 6.06. The molecular formula is C15H14N2O. The van der Waals surface area contributed by atoms with Gasteiger partial charge in [0.25, 0.3) is 0 Å². The van der Waals surface area contributed by atoms with Crippen molar-refractivity contribution >= 4 is 22.1 Å². The van der Waals surface area contributed by atoms with Crippen molar-refractivity contribution in [3.63, 3.8) is 0 Å². The van der Waals surface area contributed by atoms with Crippen LogP contribution < -0.4 is 4.74 Å². The summed E-state index contributed by atoms with van der Waals surface area (Å²) in [4.78, 5) is 9.29. The molecule has 3 rings (SSSR count). The normalized spacial score (nSPS) is 11.0. The van der Waals surface area contributed by atoms with E-state index in [-0.39, 0.29) is 0 Å². The van der Waals surface area contributed by atoms with Gasteiger partial charge < -0.3 is 4.74 Å². The Balaban J connectivity index is 2.42. The minimum atomic E-state index is 0.841. The largest absolute Gasteiger partial charge is 0.494 e. The van der Waals surface area contributed by atoms with Crippen LogP contribution in [0.25, 0.3) is 22.1 Å². The second-order valence-corrected chi connectivity index (χ2v) is 4.19. The third-order valence-corrected chi connectivity index (χ3v) is 3.13. The molecular weight excluding hydrogens is 224 g/mol. The Hall–Kier alpha value is -2.16. The fourth-order valence-corrected chi connectivity index (χ4v) is 2.21. The van der Waals surface area contributed by atoms with Crippen molar-refractivity contribution < 1.29 is 4.74 Å². The molecule has 3 nitrogen and oxygen atoms in total. The Labute approximate surface area is 105 Å². The van der Waals surface area contributed by atoms with E-state index in [4.69, 9.17) is 4.74 Å². The summed E-state index contributed by atoms with van der Waals surface area (Å²) in [6.07, 6.45) is 0.924. The number of fused-ring (bicyclic) bond motifs is 2. The van der Waals surface area contributed by atoms with Crippen molar-refractivity contribution in [2.45, 2.75) is 13.3 Å². The zero-order valence-electron chi connectivity index (χ0n) is 10.5. The Morgan fingerprint density at radius 2 is 1.67 bits per heavy atom. The van der Waals surface area contributed by atoms with Crippen LogP contribution in [0.2, 0.25) is 0 Å². The second-order valence-electron chi connectivity index (χ2n) is 4.19. The Kier molecular flexibility index (Phi) is 2.59. The van der Waals surface area contributed by atoms with Crippen LogP contribution in [0, 0.1) is 0 Å². The highest BCUT2D eigenvalue weighted by Crippen LogP contribution is 2.29. The number of methoxy groups -OCH3 is 1. The molecule has 1 heterocycles. The monoisotopic (exact) mass is 238 g/mol. The van der Waals surface area contributed by atoms with E-state index in [1.807, 2.05) is 30.3 Å². The third kappa shape index (κ3) is 1.59. The number of hydrogen-bond donors (Lipinski definition) is 0. The topological polar surface area (TPSA) is 35.0 Å². The summed E-state index contributed by atoms with van der Waals surface area (Å²) < 4.78 is 5.50. The predicted octanol–water partition coefficient (Wildman–Crippen LogP) is 3.35. The van der Waals surface area contributed by atoms with Gasteiger partial charge in [-0.15, -0.1) is 0 Å². The van der Waals surface area contributed by atoms with Gasteiger partial charge in [-0.05, 0) is 30.2 Å². The van der Waals surface area contributed by atoms with E-state index in [1.165, 1.54) is 0 Å². The van der Waals surface area contributed by atoms with Gasteiger partial charge >= 0.3 is 0 Å². The molecule has 0 fully saturated rings. The highest BCUT2D eigenvalue weighted by molar-refractivity contribution is 5.90. The summed E-state index contributed by atoms with van der Waals surface area (Å²) in [5, 5.41) is 0. The van der Waals surface area contributed by atoms with Crippen molar-refractivity contribution in [1.82, 2.24) is 9.97 Å². The number of aromatic nitrogens is 2. The molecule has 0 spiro atoms. The van der Waals surface area contributed by atoms with Crippen molar-refractivity contribution in [2.75, 3.05) is 7.11 Å². The number of para-hydroxylation sites is 2. The number of hydrogen-bond acceptors (Lipinski definition) is 3. The van der Waals surface area contributed by atoms with E-state index >= 15 is 0 Å². The van der Waals surface area contributed by atoms with Gasteiger partial charge in [-0.3, -0.25) is 0 Å². The zero-order chi connectivity index (χ0) is 12.5. The SMILES string of the molecule is CCc1ccc2nc3ccccc3nc2c1OC. The Morgan fingerprint density at radius 1 is 0.944 bits per heavy atom. The maximum Gasteiger partial charge on any atom is 0.149 e. The van der Waals surface area contributed by atoms with E-state index in [1.54, 1.807) is 7.11 Å². The van der Waals surface area contributed by atoms with Crippen molar-refractivity contribution in [3.05, 3.63) is 42.0 Å². The molecule has 0 atom stereocenters. The van der Waals surface area contributed by atoms with Gasteiger partial charge in [0.2, 0.25) is 0 Å². The van der Waals surface area contributed by atoms with Crippen LogP contribution in [-0.2, 0) is 6.42 Å². The maximum absolute atomic E-state index is 5.50. The molecule has 18 heavy (non-hydrogen) atoms. The van der Waals surface area contributed by atoms with Crippen LogP contribution in [0.3, 0.4) is 0 Å². The number of nitrogens with zero attached hydrogens (tertiary/aromatic N) is 2. The first kappa shape index (κ1) is 11.0. The first-order chi connectivity index (χ1) is 8.83. The van der Waals surface area contributed by atoms with Crippen LogP contribution >= 0.6 is 0 Å². The van der Waals surface area contributed by atoms with Crippen molar-refractivity contribution in [3.8, 4) is 5.75 Å². The van der Waals surface area contributed by atoms with Gasteiger partial charge in [0.1, 0.15) is 11.3 Å². The van der Waals surface area contributed by atoms with Gasteiger partial charge in [-0.1, -0.05) is 25.1 Å². The zero-order valence-corrected chi connectivity index (χ0v) is 10.5. The molecule has 2 aromatic carbocycles. The maximum atomic E-state index is 5.50. The quantitative estimate of drug-likeness (QED) is 0.642. The summed E-state index contributed by atoms with van der Waals surface area (Å²) in [5.74, 6) is 0.841. The third-order valence-electron chi connectivity index (χ3n) is 3.13. The minimum absolute atomic E-state index is 0.841. The average molecular weight is 238 g/mol. The van der Waals surface area contributed by atoms with Crippen LogP contribution in [0.1, 0.15) is 12.5 Å². The lowest BCUT2D eigenvalue weighted by Crippen LogP contribution is -1.95. The lowest BCUT2D eigenvalue weighted by molar-refractivity contribution is 0.414. The van der Waals surface area contributed by atoms with Crippen LogP contribution in [0.4, 0.5) is 0 Å². The average Bonchev–Trinajstić information content (AvgIpc) is 2.43. The fraction of sp³-hybridized carbons (Fsp3) is 0.200. The molecule has 0 radical (unpaired) electrons. The molecule has 1 aromatic heterocycles. The molecule has 90 valence electrons. The van der Waals surface area contributed by atoms with E-state index in [2.05, 4.69) is 23.0 Å². The Morgan fingerprint density at radius 3 is 2.33 bits per heavy atom. The summed E-state index contributed by atoms with van der Waals surface area (Å²) in [5.41, 5.74) is 4.70. The molecule has 0 N–H and O–H groups in total. The second kappa shape index (κ2) is 4.26. The smallest absolute Gasteiger partial charge is 0.149 e. The van der Waals surface area contributed by atoms with Gasteiger partial charge in [0, 0.05) is 0 Å². The molecule has 3 heteroatoms. The summed E-state index contributed by atoms with van der Waals surface area (Å²) in [6, 6.07) is 12.0. The fourth-order valence-electron chi connectivity index (χ4n) is 2.21. The number of aryl methyl sites for hydroxylation is 1. The molecule has 0 aliphatic rings. The number of benzene rings is 2. The number of rotatable bonds is 2. The molecule has 0 saturated carbocycles. The van der Waals surface area contributed by atoms with E-state index < -0.39 is 0 Å². The lowest BCUT2D eigenvalue weighted by Gasteiger charge is -2.10. The molecule has 0 bridgehead atoms. The molecule has 0 aliphatic heterocycles. The minimum Gasteiger partial charge on any atom is -0.494 e. The lowest BCUT2D eigenvalue weighted by atomic mass is 10.1. The van der Waals surface area contributed by atoms with Crippen LogP contribution in [0.5, 0.6) is 5.75 Å². The van der Waals surface area contributed by atoms with Crippen molar-refractivity contribution in [2.24, 2.45) is 0 Å². The summed E-state index contributed by atoms with van der Waals surface area (Å²) in [6.45, 7) is 2.11. The molecule has 0 unspecified atom stereocenters. The van der Waals surface area contributed by atoms with Gasteiger partial charge in [0.15, 0.2) is 0 Å². The van der Waals surface area contributed by atoms with Gasteiger partial charge in [0.05, 0.1) is 23.7 Å². The highest BCUT2D eigenvalue weighted by Gasteiger charge is 2.10. The van der Waals surface area contributed by atoms with Crippen LogP contribution in [-0.4, -0.2) is 17.1 Å². The standard InChI is InChI=1S/C15H14N2O/c1-3-10-8-9-13-14(15(10)18-2)17-12-7-5-4-6-11(12)16-13/h4-9H,3H2,1-2H3. The Bertz CT molecular complexity index is 722. The van der Waals surface area contributed by atoms with Gasteiger partial charge in [-0.2, -0.15) is 0 Å².